The normalized spacial score (nSPS) is 10.3. The van der Waals surface area contributed by atoms with Crippen LogP contribution in [0.2, 0.25) is 0 Å². The van der Waals surface area contributed by atoms with E-state index in [1.165, 1.54) is 0 Å². The molecule has 0 unspecified atom stereocenters. The molecule has 0 aliphatic carbocycles. The van der Waals surface area contributed by atoms with E-state index in [-0.39, 0.29) is 0 Å². The Hall–Kier alpha value is 0.310. The Morgan fingerprint density at radius 1 is 1.71 bits per heavy atom. The van der Waals surface area contributed by atoms with Crippen molar-refractivity contribution in [3.8, 4) is 0 Å². The lowest BCUT2D eigenvalue weighted by atomic mass is 10.2. The first-order valence-corrected chi connectivity index (χ1v) is 3.14. The molecule has 41 valence electrons. The molecule has 0 aromatic rings. The quantitative estimate of drug-likeness (QED) is 0.560. The molecule has 1 N–H and O–H groups in total. The highest BCUT2D eigenvalue weighted by atomic mass is 32.2. The summed E-state index contributed by atoms with van der Waals surface area (Å²) in [4.78, 5) is 0. The minimum absolute atomic E-state index is 0.651. The third-order valence-corrected chi connectivity index (χ3v) is 0.875. The number of hydrogen-bond donors (Lipinski definition) is 1. The molecule has 0 amide bonds. The highest BCUT2D eigenvalue weighted by molar-refractivity contribution is 7.98. The lowest BCUT2D eigenvalue weighted by molar-refractivity contribution is 0.641. The van der Waals surface area contributed by atoms with Gasteiger partial charge in [-0.05, 0) is 5.92 Å². The molecule has 0 bridgehead atoms. The van der Waals surface area contributed by atoms with E-state index in [2.05, 4.69) is 18.6 Å². The van der Waals surface area contributed by atoms with E-state index < -0.39 is 0 Å². The zero-order valence-corrected chi connectivity index (χ0v) is 5.51. The molecule has 0 aromatic heterocycles. The smallest absolute Gasteiger partial charge is 0.0872 e. The van der Waals surface area contributed by atoms with Crippen LogP contribution < -0.4 is 4.72 Å². The lowest BCUT2D eigenvalue weighted by Gasteiger charge is -2.00. The largest absolute Gasteiger partial charge is 0.263 e. The molecule has 0 atom stereocenters. The lowest BCUT2D eigenvalue weighted by Crippen LogP contribution is -2.09. The third kappa shape index (κ3) is 6.31. The molecule has 3 radical (unpaired) electrons. The average molecular weight is 116 g/mol. The molecular weight excluding hydrogens is 106 g/mol. The van der Waals surface area contributed by atoms with E-state index in [1.54, 1.807) is 0 Å². The van der Waals surface area contributed by atoms with Gasteiger partial charge >= 0.3 is 0 Å². The summed E-state index contributed by atoms with van der Waals surface area (Å²) in [5.41, 5.74) is 0. The zero-order valence-electron chi connectivity index (χ0n) is 4.69. The van der Waals surface area contributed by atoms with Gasteiger partial charge in [0.15, 0.2) is 0 Å². The van der Waals surface area contributed by atoms with Crippen LogP contribution in [0.15, 0.2) is 0 Å². The molecule has 0 heterocycles. The SMILES string of the molecule is [C]SNCC(C)C. The average Bonchev–Trinajstić information content (AvgIpc) is 1.61. The molecule has 0 spiro atoms. The van der Waals surface area contributed by atoms with E-state index in [1.807, 2.05) is 0 Å². The molecule has 0 saturated heterocycles. The predicted octanol–water partition coefficient (Wildman–Crippen LogP) is 1.43. The summed E-state index contributed by atoms with van der Waals surface area (Å²) >= 11 is 0.930. The fourth-order valence-electron chi connectivity index (χ4n) is 0.208. The second-order valence-corrected chi connectivity index (χ2v) is 2.34. The Morgan fingerprint density at radius 3 is 2.43 bits per heavy atom. The summed E-state index contributed by atoms with van der Waals surface area (Å²) in [6, 6.07) is 0. The number of nitrogens with one attached hydrogen (secondary N) is 1. The first kappa shape index (κ1) is 7.31. The maximum Gasteiger partial charge on any atom is 0.0872 e. The minimum atomic E-state index is 0.651. The van der Waals surface area contributed by atoms with Crippen LogP contribution in [0.3, 0.4) is 0 Å². The van der Waals surface area contributed by atoms with Crippen LogP contribution in [0.1, 0.15) is 13.8 Å². The van der Waals surface area contributed by atoms with Crippen molar-refractivity contribution >= 4 is 11.9 Å². The third-order valence-electron chi connectivity index (χ3n) is 0.564. The Kier molecular flexibility index (Phi) is 4.67. The van der Waals surface area contributed by atoms with Gasteiger partial charge in [-0.25, -0.2) is 0 Å². The van der Waals surface area contributed by atoms with Crippen molar-refractivity contribution in [3.05, 3.63) is 6.26 Å². The fraction of sp³-hybridized carbons (Fsp3) is 0.800. The summed E-state index contributed by atoms with van der Waals surface area (Å²) < 4.78 is 2.83. The van der Waals surface area contributed by atoms with E-state index >= 15 is 0 Å². The van der Waals surface area contributed by atoms with Crippen molar-refractivity contribution in [2.75, 3.05) is 6.54 Å². The van der Waals surface area contributed by atoms with E-state index in [9.17, 15) is 0 Å². The van der Waals surface area contributed by atoms with Crippen molar-refractivity contribution in [2.45, 2.75) is 13.8 Å². The van der Waals surface area contributed by atoms with Crippen LogP contribution >= 0.6 is 11.9 Å². The van der Waals surface area contributed by atoms with Crippen molar-refractivity contribution in [3.63, 3.8) is 0 Å². The number of hydrogen-bond acceptors (Lipinski definition) is 2. The second kappa shape index (κ2) is 4.47. The van der Waals surface area contributed by atoms with Crippen LogP contribution in [-0.2, 0) is 0 Å². The van der Waals surface area contributed by atoms with Gasteiger partial charge in [-0.15, -0.1) is 0 Å². The predicted molar refractivity (Wildman–Crippen MR) is 33.7 cm³/mol. The molecule has 0 aliphatic heterocycles. The molecular formula is C5H10NS. The molecule has 0 aromatic carbocycles. The Morgan fingerprint density at radius 2 is 2.29 bits per heavy atom. The Labute approximate surface area is 50.0 Å². The molecule has 0 aliphatic rings. The van der Waals surface area contributed by atoms with Gasteiger partial charge in [-0.3, -0.25) is 4.72 Å². The van der Waals surface area contributed by atoms with Crippen LogP contribution in [0.25, 0.3) is 0 Å². The maximum absolute atomic E-state index is 6.60. The first-order valence-electron chi connectivity index (χ1n) is 2.32. The van der Waals surface area contributed by atoms with Gasteiger partial charge in [0, 0.05) is 6.54 Å². The highest BCUT2D eigenvalue weighted by Crippen LogP contribution is 1.91. The summed E-state index contributed by atoms with van der Waals surface area (Å²) in [6.07, 6.45) is 6.60. The zero-order chi connectivity index (χ0) is 5.70. The molecule has 7 heavy (non-hydrogen) atoms. The van der Waals surface area contributed by atoms with Crippen LogP contribution in [0.4, 0.5) is 0 Å². The highest BCUT2D eigenvalue weighted by Gasteiger charge is 1.87. The monoisotopic (exact) mass is 116 g/mol. The van der Waals surface area contributed by atoms with Gasteiger partial charge in [0.2, 0.25) is 0 Å². The Bertz CT molecular complexity index is 37.1. The summed E-state index contributed by atoms with van der Waals surface area (Å²) in [6.45, 7) is 5.15. The van der Waals surface area contributed by atoms with Crippen LogP contribution in [0, 0.1) is 12.2 Å². The second-order valence-electron chi connectivity index (χ2n) is 1.84. The van der Waals surface area contributed by atoms with E-state index in [4.69, 9.17) is 6.26 Å². The topological polar surface area (TPSA) is 12.0 Å². The molecule has 0 saturated carbocycles. The van der Waals surface area contributed by atoms with E-state index in [0.29, 0.717) is 5.92 Å². The van der Waals surface area contributed by atoms with Crippen molar-refractivity contribution in [1.82, 2.24) is 4.72 Å². The van der Waals surface area contributed by atoms with Crippen molar-refractivity contribution in [1.29, 1.82) is 0 Å². The number of rotatable bonds is 3. The van der Waals surface area contributed by atoms with E-state index in [0.717, 1.165) is 18.5 Å². The standard InChI is InChI=1S/C5H10NS/c1-5(2)4-6-7-3/h5-6H,4H2,1-2H3. The molecule has 0 rings (SSSR count). The van der Waals surface area contributed by atoms with Gasteiger partial charge in [-0.2, -0.15) is 0 Å². The molecule has 0 fully saturated rings. The molecule has 1 nitrogen and oxygen atoms in total. The fourth-order valence-corrected chi connectivity index (χ4v) is 0.625. The van der Waals surface area contributed by atoms with Gasteiger partial charge in [0.25, 0.3) is 0 Å². The van der Waals surface area contributed by atoms with Crippen LogP contribution in [0.5, 0.6) is 0 Å². The van der Waals surface area contributed by atoms with Gasteiger partial charge in [0.05, 0.1) is 6.26 Å². The maximum atomic E-state index is 6.60. The minimum Gasteiger partial charge on any atom is -0.263 e. The first-order chi connectivity index (χ1) is 3.27. The van der Waals surface area contributed by atoms with Gasteiger partial charge in [0.1, 0.15) is 0 Å². The Balaban J connectivity index is 2.68. The van der Waals surface area contributed by atoms with Crippen molar-refractivity contribution in [2.24, 2.45) is 5.92 Å². The summed E-state index contributed by atoms with van der Waals surface area (Å²) in [5, 5.41) is 0. The summed E-state index contributed by atoms with van der Waals surface area (Å²) in [7, 11) is 0. The molecule has 2 heteroatoms. The van der Waals surface area contributed by atoms with Crippen molar-refractivity contribution < 1.29 is 0 Å². The summed E-state index contributed by atoms with van der Waals surface area (Å²) in [5.74, 6) is 0.651. The van der Waals surface area contributed by atoms with Crippen LogP contribution in [-0.4, -0.2) is 6.54 Å². The van der Waals surface area contributed by atoms with Gasteiger partial charge < -0.3 is 0 Å². The van der Waals surface area contributed by atoms with Gasteiger partial charge in [-0.1, -0.05) is 25.8 Å².